The van der Waals surface area contributed by atoms with Gasteiger partial charge in [-0.1, -0.05) is 13.3 Å². The van der Waals surface area contributed by atoms with Crippen LogP contribution in [0.3, 0.4) is 0 Å². The number of aromatic nitrogens is 4. The molecule has 6 heteroatoms. The van der Waals surface area contributed by atoms with Crippen molar-refractivity contribution in [2.75, 3.05) is 6.61 Å². The number of H-pyrrole nitrogens is 1. The van der Waals surface area contributed by atoms with E-state index in [2.05, 4.69) is 35.4 Å². The van der Waals surface area contributed by atoms with Crippen LogP contribution < -0.4 is 0 Å². The van der Waals surface area contributed by atoms with Crippen LogP contribution in [0.2, 0.25) is 0 Å². The summed E-state index contributed by atoms with van der Waals surface area (Å²) < 4.78 is 10.5. The lowest BCUT2D eigenvalue weighted by Crippen LogP contribution is -2.07. The molecule has 0 bridgehead atoms. The highest BCUT2D eigenvalue weighted by atomic mass is 32.1. The van der Waals surface area contributed by atoms with Gasteiger partial charge in [0.05, 0.1) is 11.8 Å². The van der Waals surface area contributed by atoms with Crippen molar-refractivity contribution in [1.82, 2.24) is 19.3 Å². The van der Waals surface area contributed by atoms with E-state index in [9.17, 15) is 0 Å². The smallest absolute Gasteiger partial charge is 0.179 e. The molecule has 0 amide bonds. The number of ether oxygens (including phenoxy) is 1. The molecule has 0 spiro atoms. The molecule has 118 valence electrons. The van der Waals surface area contributed by atoms with Crippen LogP contribution in [-0.4, -0.2) is 32.0 Å². The Morgan fingerprint density at radius 2 is 2.10 bits per heavy atom. The second-order valence-corrected chi connectivity index (χ2v) is 6.11. The first-order valence-corrected chi connectivity index (χ1v) is 8.21. The van der Waals surface area contributed by atoms with E-state index in [0.29, 0.717) is 6.10 Å². The first kappa shape index (κ1) is 16.2. The highest BCUT2D eigenvalue weighted by Crippen LogP contribution is 2.19. The van der Waals surface area contributed by atoms with Crippen LogP contribution in [0.1, 0.15) is 45.7 Å². The lowest BCUT2D eigenvalue weighted by molar-refractivity contribution is 0.0754. The van der Waals surface area contributed by atoms with Gasteiger partial charge in [-0.15, -0.1) is 0 Å². The molecular weight excluding hydrogens is 284 g/mol. The van der Waals surface area contributed by atoms with Crippen LogP contribution in [0.15, 0.2) is 0 Å². The topological polar surface area (TPSA) is 47.8 Å². The molecule has 5 nitrogen and oxygen atoms in total. The monoisotopic (exact) mass is 310 g/mol. The molecule has 2 aromatic heterocycles. The highest BCUT2D eigenvalue weighted by Gasteiger charge is 2.14. The average Bonchev–Trinajstić information content (AvgIpc) is 2.88. The van der Waals surface area contributed by atoms with Crippen molar-refractivity contribution in [3.05, 3.63) is 10.5 Å². The summed E-state index contributed by atoms with van der Waals surface area (Å²) in [6, 6.07) is 0. The predicted molar refractivity (Wildman–Crippen MR) is 88.2 cm³/mol. The van der Waals surface area contributed by atoms with Crippen LogP contribution in [0.25, 0.3) is 11.2 Å². The Labute approximate surface area is 131 Å². The highest BCUT2D eigenvalue weighted by molar-refractivity contribution is 7.71. The predicted octanol–water partition coefficient (Wildman–Crippen LogP) is 3.59. The molecule has 0 atom stereocenters. The largest absolute Gasteiger partial charge is 0.379 e. The maximum Gasteiger partial charge on any atom is 0.179 e. The van der Waals surface area contributed by atoms with Crippen molar-refractivity contribution >= 4 is 23.4 Å². The molecule has 1 N–H and O–H groups in total. The van der Waals surface area contributed by atoms with Gasteiger partial charge in [-0.25, -0.2) is 0 Å². The summed E-state index contributed by atoms with van der Waals surface area (Å²) in [5, 5.41) is 4.60. The number of unbranched alkanes of at least 4 members (excludes halogenated alkanes) is 1. The van der Waals surface area contributed by atoms with E-state index in [1.54, 1.807) is 0 Å². The number of imidazole rings is 1. The zero-order valence-corrected chi connectivity index (χ0v) is 14.3. The number of fused-ring (bicyclic) bond motifs is 1. The molecule has 2 aromatic rings. The van der Waals surface area contributed by atoms with E-state index in [4.69, 9.17) is 17.0 Å². The molecule has 2 heterocycles. The molecule has 0 saturated heterocycles. The van der Waals surface area contributed by atoms with Gasteiger partial charge in [-0.2, -0.15) is 5.10 Å². The lowest BCUT2D eigenvalue weighted by atomic mass is 10.2. The Morgan fingerprint density at radius 1 is 1.33 bits per heavy atom. The first-order chi connectivity index (χ1) is 10.0. The number of rotatable bonds is 8. The Hall–Kier alpha value is -1.14. The summed E-state index contributed by atoms with van der Waals surface area (Å²) in [7, 11) is 1.99. The fourth-order valence-electron chi connectivity index (χ4n) is 2.59. The molecule has 21 heavy (non-hydrogen) atoms. The Kier molecular flexibility index (Phi) is 5.58. The normalized spacial score (nSPS) is 11.9. The third-order valence-electron chi connectivity index (χ3n) is 3.54. The van der Waals surface area contributed by atoms with Gasteiger partial charge in [0.25, 0.3) is 0 Å². The van der Waals surface area contributed by atoms with Crippen molar-refractivity contribution < 1.29 is 4.74 Å². The number of aromatic amines is 1. The van der Waals surface area contributed by atoms with Gasteiger partial charge in [0.1, 0.15) is 5.52 Å². The van der Waals surface area contributed by atoms with Crippen molar-refractivity contribution in [2.24, 2.45) is 7.05 Å². The minimum absolute atomic E-state index is 0.305. The van der Waals surface area contributed by atoms with Gasteiger partial charge >= 0.3 is 0 Å². The van der Waals surface area contributed by atoms with Crippen molar-refractivity contribution in [3.63, 3.8) is 0 Å². The maximum absolute atomic E-state index is 5.58. The molecule has 0 aliphatic carbocycles. The van der Waals surface area contributed by atoms with E-state index < -0.39 is 0 Å². The number of hydrogen-bond donors (Lipinski definition) is 1. The van der Waals surface area contributed by atoms with Crippen LogP contribution in [0.4, 0.5) is 0 Å². The standard InChI is InChI=1S/C15H26N4OS/c1-5-8-12-13-14(18(4)17-12)19(15(21)16-13)9-6-7-10-20-11(2)3/h11H,5-10H2,1-4H3,(H,16,21). The summed E-state index contributed by atoms with van der Waals surface area (Å²) in [5.74, 6) is 0. The van der Waals surface area contributed by atoms with Crippen molar-refractivity contribution in [1.29, 1.82) is 0 Å². The number of nitrogens with one attached hydrogen (secondary N) is 1. The molecular formula is C15H26N4OS. The van der Waals surface area contributed by atoms with E-state index in [0.717, 1.165) is 60.5 Å². The molecule has 0 fully saturated rings. The molecule has 2 rings (SSSR count). The van der Waals surface area contributed by atoms with Gasteiger partial charge in [0, 0.05) is 20.2 Å². The minimum Gasteiger partial charge on any atom is -0.379 e. The quantitative estimate of drug-likeness (QED) is 0.599. The molecule has 0 aromatic carbocycles. The van der Waals surface area contributed by atoms with Crippen LogP contribution in [0.5, 0.6) is 0 Å². The van der Waals surface area contributed by atoms with Gasteiger partial charge in [-0.3, -0.25) is 4.68 Å². The first-order valence-electron chi connectivity index (χ1n) is 7.80. The van der Waals surface area contributed by atoms with Gasteiger partial charge < -0.3 is 14.3 Å². The molecule has 0 saturated carbocycles. The van der Waals surface area contributed by atoms with E-state index in [1.807, 2.05) is 11.7 Å². The van der Waals surface area contributed by atoms with Gasteiger partial charge in [0.15, 0.2) is 10.4 Å². The van der Waals surface area contributed by atoms with Crippen LogP contribution >= 0.6 is 12.2 Å². The Morgan fingerprint density at radius 3 is 2.76 bits per heavy atom. The Bertz CT molecular complexity index is 638. The molecule has 0 radical (unpaired) electrons. The average molecular weight is 310 g/mol. The van der Waals surface area contributed by atoms with Crippen LogP contribution in [-0.2, 0) is 24.8 Å². The summed E-state index contributed by atoms with van der Waals surface area (Å²) in [4.78, 5) is 3.32. The fraction of sp³-hybridized carbons (Fsp3) is 0.733. The summed E-state index contributed by atoms with van der Waals surface area (Å²) in [6.45, 7) is 8.02. The third kappa shape index (κ3) is 3.74. The summed E-state index contributed by atoms with van der Waals surface area (Å²) in [6.07, 6.45) is 4.48. The fourth-order valence-corrected chi connectivity index (χ4v) is 2.87. The summed E-state index contributed by atoms with van der Waals surface area (Å²) in [5.41, 5.74) is 3.32. The van der Waals surface area contributed by atoms with Crippen LogP contribution in [0, 0.1) is 4.77 Å². The Balaban J connectivity index is 2.09. The van der Waals surface area contributed by atoms with E-state index in [-0.39, 0.29) is 0 Å². The van der Waals surface area contributed by atoms with E-state index in [1.165, 1.54) is 0 Å². The molecule has 0 unspecified atom stereocenters. The zero-order chi connectivity index (χ0) is 15.4. The van der Waals surface area contributed by atoms with E-state index >= 15 is 0 Å². The van der Waals surface area contributed by atoms with Crippen molar-refractivity contribution in [3.8, 4) is 0 Å². The number of aryl methyl sites for hydroxylation is 3. The van der Waals surface area contributed by atoms with Gasteiger partial charge in [0.2, 0.25) is 0 Å². The maximum atomic E-state index is 5.58. The van der Waals surface area contributed by atoms with Crippen molar-refractivity contribution in [2.45, 2.75) is 59.1 Å². The molecule has 0 aliphatic heterocycles. The van der Waals surface area contributed by atoms with Gasteiger partial charge in [-0.05, 0) is 45.3 Å². The summed E-state index contributed by atoms with van der Waals surface area (Å²) >= 11 is 5.46. The number of nitrogens with zero attached hydrogens (tertiary/aromatic N) is 3. The molecule has 0 aliphatic rings. The second kappa shape index (κ2) is 7.22. The lowest BCUT2D eigenvalue weighted by Gasteiger charge is -2.08. The second-order valence-electron chi connectivity index (χ2n) is 5.73. The zero-order valence-electron chi connectivity index (χ0n) is 13.5. The third-order valence-corrected chi connectivity index (χ3v) is 3.86. The minimum atomic E-state index is 0.305. The SMILES string of the molecule is CCCc1nn(C)c2c1[nH]c(=S)n2CCCCOC(C)C. The number of hydrogen-bond acceptors (Lipinski definition) is 3.